The Morgan fingerprint density at radius 3 is 2.50 bits per heavy atom. The molecule has 0 saturated carbocycles. The summed E-state index contributed by atoms with van der Waals surface area (Å²) >= 11 is 0. The molecule has 1 heterocycles. The van der Waals surface area contributed by atoms with E-state index in [1.54, 1.807) is 7.05 Å². The largest absolute Gasteiger partial charge is 0.389 e. The maximum atomic E-state index is 12.0. The number of hydrogen-bond acceptors (Lipinski definition) is 2. The highest BCUT2D eigenvalue weighted by atomic mass is 19.4. The van der Waals surface area contributed by atoms with Crippen molar-refractivity contribution < 1.29 is 18.0 Å². The van der Waals surface area contributed by atoms with Crippen LogP contribution >= 0.6 is 0 Å². The van der Waals surface area contributed by atoms with Crippen molar-refractivity contribution in [2.75, 3.05) is 26.7 Å². The molecule has 0 atom stereocenters. The van der Waals surface area contributed by atoms with E-state index in [-0.39, 0.29) is 0 Å². The van der Waals surface area contributed by atoms with Crippen LogP contribution in [0.5, 0.6) is 0 Å². The number of rotatable bonds is 5. The van der Waals surface area contributed by atoms with Gasteiger partial charge in [-0.1, -0.05) is 0 Å². The second-order valence-electron chi connectivity index (χ2n) is 4.91. The Morgan fingerprint density at radius 1 is 1.33 bits per heavy atom. The number of piperidine rings is 1. The van der Waals surface area contributed by atoms with E-state index in [1.807, 2.05) is 0 Å². The number of nitrogens with zero attached hydrogens (tertiary/aromatic N) is 1. The van der Waals surface area contributed by atoms with E-state index in [0.29, 0.717) is 12.5 Å². The van der Waals surface area contributed by atoms with Crippen molar-refractivity contribution in [3.05, 3.63) is 0 Å². The van der Waals surface area contributed by atoms with Gasteiger partial charge in [0, 0.05) is 20.0 Å². The van der Waals surface area contributed by atoms with Gasteiger partial charge in [-0.3, -0.25) is 4.79 Å². The molecule has 1 rings (SSSR count). The lowest BCUT2D eigenvalue weighted by Crippen LogP contribution is -2.33. The molecule has 6 heteroatoms. The molecule has 1 aliphatic rings. The summed E-state index contributed by atoms with van der Waals surface area (Å²) in [6.07, 6.45) is -2.65. The molecule has 1 aliphatic heterocycles. The lowest BCUT2D eigenvalue weighted by Gasteiger charge is -2.25. The second kappa shape index (κ2) is 6.97. The molecule has 0 spiro atoms. The molecule has 18 heavy (non-hydrogen) atoms. The zero-order valence-corrected chi connectivity index (χ0v) is 10.7. The van der Waals surface area contributed by atoms with Crippen LogP contribution in [0.4, 0.5) is 13.2 Å². The van der Waals surface area contributed by atoms with E-state index < -0.39 is 24.9 Å². The standard InChI is InChI=1S/C12H21F3N2O/c1-17(11(18)2-6-12(13,14)15)9-5-10-3-7-16-8-4-10/h10,16H,2-9H2,1H3. The third-order valence-corrected chi connectivity index (χ3v) is 3.38. The molecule has 106 valence electrons. The van der Waals surface area contributed by atoms with E-state index in [1.165, 1.54) is 4.90 Å². The van der Waals surface area contributed by atoms with E-state index in [9.17, 15) is 18.0 Å². The molecule has 1 fully saturated rings. The van der Waals surface area contributed by atoms with Gasteiger partial charge in [0.1, 0.15) is 0 Å². The van der Waals surface area contributed by atoms with Crippen LogP contribution in [-0.4, -0.2) is 43.7 Å². The first-order chi connectivity index (χ1) is 8.38. The first-order valence-corrected chi connectivity index (χ1v) is 6.40. The Labute approximate surface area is 106 Å². The van der Waals surface area contributed by atoms with Crippen LogP contribution in [0.1, 0.15) is 32.1 Å². The summed E-state index contributed by atoms with van der Waals surface area (Å²) in [5, 5.41) is 3.26. The highest BCUT2D eigenvalue weighted by molar-refractivity contribution is 5.75. The third kappa shape index (κ3) is 6.23. The van der Waals surface area contributed by atoms with E-state index in [4.69, 9.17) is 0 Å². The monoisotopic (exact) mass is 266 g/mol. The zero-order chi connectivity index (χ0) is 13.6. The third-order valence-electron chi connectivity index (χ3n) is 3.38. The molecule has 0 aliphatic carbocycles. The Balaban J connectivity index is 2.18. The van der Waals surface area contributed by atoms with E-state index in [0.717, 1.165) is 32.4 Å². The summed E-state index contributed by atoms with van der Waals surface area (Å²) in [6, 6.07) is 0. The van der Waals surface area contributed by atoms with Crippen LogP contribution in [-0.2, 0) is 4.79 Å². The summed E-state index contributed by atoms with van der Waals surface area (Å²) in [6.45, 7) is 2.55. The Bertz CT molecular complexity index is 263. The first-order valence-electron chi connectivity index (χ1n) is 6.40. The van der Waals surface area contributed by atoms with Gasteiger partial charge in [0.05, 0.1) is 6.42 Å². The van der Waals surface area contributed by atoms with Gasteiger partial charge >= 0.3 is 6.18 Å². The summed E-state index contributed by atoms with van der Waals surface area (Å²) in [5.41, 5.74) is 0. The van der Waals surface area contributed by atoms with Gasteiger partial charge in [0.25, 0.3) is 0 Å². The molecule has 0 bridgehead atoms. The molecule has 3 nitrogen and oxygen atoms in total. The number of amides is 1. The van der Waals surface area contributed by atoms with Crippen molar-refractivity contribution in [2.24, 2.45) is 5.92 Å². The van der Waals surface area contributed by atoms with Crippen LogP contribution in [0, 0.1) is 5.92 Å². The van der Waals surface area contributed by atoms with Crippen LogP contribution in [0.25, 0.3) is 0 Å². The van der Waals surface area contributed by atoms with Gasteiger partial charge in [-0.25, -0.2) is 0 Å². The Morgan fingerprint density at radius 2 is 1.94 bits per heavy atom. The number of nitrogens with one attached hydrogen (secondary N) is 1. The average Bonchev–Trinajstić information content (AvgIpc) is 2.33. The number of hydrogen-bond donors (Lipinski definition) is 1. The zero-order valence-electron chi connectivity index (χ0n) is 10.7. The molecular weight excluding hydrogens is 245 g/mol. The molecule has 1 N–H and O–H groups in total. The second-order valence-corrected chi connectivity index (χ2v) is 4.91. The van der Waals surface area contributed by atoms with E-state index >= 15 is 0 Å². The average molecular weight is 266 g/mol. The fourth-order valence-corrected chi connectivity index (χ4v) is 2.11. The highest BCUT2D eigenvalue weighted by Gasteiger charge is 2.28. The maximum Gasteiger partial charge on any atom is 0.389 e. The summed E-state index contributed by atoms with van der Waals surface area (Å²) in [7, 11) is 1.58. The van der Waals surface area contributed by atoms with Gasteiger partial charge in [-0.2, -0.15) is 13.2 Å². The minimum atomic E-state index is -4.24. The molecule has 0 unspecified atom stereocenters. The normalized spacial score (nSPS) is 17.8. The quantitative estimate of drug-likeness (QED) is 0.827. The van der Waals surface area contributed by atoms with Crippen molar-refractivity contribution in [3.8, 4) is 0 Å². The van der Waals surface area contributed by atoms with Gasteiger partial charge in [-0.15, -0.1) is 0 Å². The van der Waals surface area contributed by atoms with Crippen molar-refractivity contribution in [2.45, 2.75) is 38.3 Å². The van der Waals surface area contributed by atoms with Crippen LogP contribution in [0.3, 0.4) is 0 Å². The minimum Gasteiger partial charge on any atom is -0.346 e. The minimum absolute atomic E-state index is 0.416. The Kier molecular flexibility index (Phi) is 5.91. The Hall–Kier alpha value is -0.780. The number of carbonyl (C=O) groups excluding carboxylic acids is 1. The molecule has 0 aromatic carbocycles. The summed E-state index contributed by atoms with van der Waals surface area (Å²) in [4.78, 5) is 12.9. The number of halogens is 3. The fraction of sp³-hybridized carbons (Fsp3) is 0.917. The van der Waals surface area contributed by atoms with Crippen LogP contribution in [0.2, 0.25) is 0 Å². The maximum absolute atomic E-state index is 12.0. The van der Waals surface area contributed by atoms with Gasteiger partial charge in [-0.05, 0) is 38.3 Å². The van der Waals surface area contributed by atoms with Crippen molar-refractivity contribution in [1.82, 2.24) is 10.2 Å². The summed E-state index contributed by atoms with van der Waals surface area (Å²) in [5.74, 6) is 0.172. The van der Waals surface area contributed by atoms with Gasteiger partial charge in [0.2, 0.25) is 5.91 Å². The summed E-state index contributed by atoms with van der Waals surface area (Å²) < 4.78 is 35.9. The lowest BCUT2D eigenvalue weighted by atomic mass is 9.94. The predicted molar refractivity (Wildman–Crippen MR) is 63.1 cm³/mol. The van der Waals surface area contributed by atoms with Gasteiger partial charge < -0.3 is 10.2 Å². The number of alkyl halides is 3. The van der Waals surface area contributed by atoms with Crippen molar-refractivity contribution >= 4 is 5.91 Å². The molecule has 0 aromatic rings. The van der Waals surface area contributed by atoms with Crippen molar-refractivity contribution in [3.63, 3.8) is 0 Å². The molecule has 1 saturated heterocycles. The molecule has 0 aromatic heterocycles. The fourth-order valence-electron chi connectivity index (χ4n) is 2.11. The van der Waals surface area contributed by atoms with E-state index in [2.05, 4.69) is 5.32 Å². The smallest absolute Gasteiger partial charge is 0.346 e. The number of carbonyl (C=O) groups is 1. The molecule has 1 amide bonds. The van der Waals surface area contributed by atoms with Crippen LogP contribution < -0.4 is 5.32 Å². The predicted octanol–water partition coefficient (Wildman–Crippen LogP) is 2.18. The molecular formula is C12H21F3N2O. The first kappa shape index (κ1) is 15.3. The molecule has 0 radical (unpaired) electrons. The van der Waals surface area contributed by atoms with Gasteiger partial charge in [0.15, 0.2) is 0 Å². The topological polar surface area (TPSA) is 32.3 Å². The van der Waals surface area contributed by atoms with Crippen LogP contribution in [0.15, 0.2) is 0 Å². The van der Waals surface area contributed by atoms with Crippen molar-refractivity contribution in [1.29, 1.82) is 0 Å². The highest BCUT2D eigenvalue weighted by Crippen LogP contribution is 2.22. The lowest BCUT2D eigenvalue weighted by molar-refractivity contribution is -0.148. The SMILES string of the molecule is CN(CCC1CCNCC1)C(=O)CCC(F)(F)F.